The fourth-order valence-corrected chi connectivity index (χ4v) is 2.72. The number of hydrazone groups is 1. The summed E-state index contributed by atoms with van der Waals surface area (Å²) in [4.78, 5) is 35.7. The van der Waals surface area contributed by atoms with E-state index in [1.807, 2.05) is 18.2 Å². The zero-order valence-electron chi connectivity index (χ0n) is 15.2. The summed E-state index contributed by atoms with van der Waals surface area (Å²) in [6.07, 6.45) is 0.117. The smallest absolute Gasteiger partial charge is 0.318 e. The molecule has 9 nitrogen and oxygen atoms in total. The van der Waals surface area contributed by atoms with Crippen LogP contribution in [0.1, 0.15) is 6.42 Å². The third-order valence-corrected chi connectivity index (χ3v) is 4.15. The summed E-state index contributed by atoms with van der Waals surface area (Å²) in [5, 5.41) is 13.6. The first-order valence-corrected chi connectivity index (χ1v) is 8.59. The maximum Gasteiger partial charge on any atom is 0.318 e. The Morgan fingerprint density at radius 2 is 1.61 bits per heavy atom. The lowest BCUT2D eigenvalue weighted by atomic mass is 10.1. The molecule has 28 heavy (non-hydrogen) atoms. The van der Waals surface area contributed by atoms with E-state index in [0.717, 1.165) is 0 Å². The third-order valence-electron chi connectivity index (χ3n) is 4.15. The largest absolute Gasteiger partial charge is 0.368 e. The Balaban J connectivity index is 1.71. The van der Waals surface area contributed by atoms with Crippen molar-refractivity contribution in [1.29, 1.82) is 0 Å². The molecule has 9 heteroatoms. The van der Waals surface area contributed by atoms with E-state index in [-0.39, 0.29) is 18.2 Å². The monoisotopic (exact) mass is 380 g/mol. The number of hydrogen-bond donors (Lipinski definition) is 4. The lowest BCUT2D eigenvalue weighted by Crippen LogP contribution is -2.39. The second kappa shape index (κ2) is 8.21. The fraction of sp³-hybridized carbons (Fsp3) is 0.158. The molecule has 4 amide bonds. The van der Waals surface area contributed by atoms with Crippen molar-refractivity contribution < 1.29 is 14.4 Å². The van der Waals surface area contributed by atoms with Crippen LogP contribution < -0.4 is 26.7 Å². The van der Waals surface area contributed by atoms with Gasteiger partial charge in [-0.25, -0.2) is 4.79 Å². The van der Waals surface area contributed by atoms with Gasteiger partial charge in [0.2, 0.25) is 5.91 Å². The molecule has 1 aliphatic rings. The minimum Gasteiger partial charge on any atom is -0.368 e. The molecule has 0 fully saturated rings. The van der Waals surface area contributed by atoms with Crippen LogP contribution in [0.3, 0.4) is 0 Å². The van der Waals surface area contributed by atoms with Gasteiger partial charge in [0.25, 0.3) is 5.91 Å². The number of urea groups is 1. The Kier molecular flexibility index (Phi) is 5.54. The van der Waals surface area contributed by atoms with Gasteiger partial charge in [-0.2, -0.15) is 5.10 Å². The Hall–Kier alpha value is -3.88. The highest BCUT2D eigenvalue weighted by molar-refractivity contribution is 6.44. The maximum absolute atomic E-state index is 12.6. The first-order valence-electron chi connectivity index (χ1n) is 8.59. The van der Waals surface area contributed by atoms with Crippen molar-refractivity contribution in [1.82, 2.24) is 5.32 Å². The van der Waals surface area contributed by atoms with Crippen molar-refractivity contribution in [2.75, 3.05) is 22.7 Å². The number of carbonyl (C=O) groups is 3. The number of benzene rings is 2. The predicted molar refractivity (Wildman–Crippen MR) is 107 cm³/mol. The molecule has 0 bridgehead atoms. The van der Waals surface area contributed by atoms with Crippen molar-refractivity contribution in [2.45, 2.75) is 12.5 Å². The highest BCUT2D eigenvalue weighted by Crippen LogP contribution is 2.25. The Morgan fingerprint density at radius 3 is 2.18 bits per heavy atom. The standard InChI is InChI=1S/C19H20N6O3/c1-21-19(28)23-13-9-7-12(8-10-13)22-18(27)15-11-16(17(20)26)25(24-15)14-5-3-2-4-6-14/h2-10,16H,11H2,1H3,(H2,20,26)(H,22,27)(H2,21,23,28). The first kappa shape index (κ1) is 18.9. The van der Waals surface area contributed by atoms with Crippen molar-refractivity contribution in [3.05, 3.63) is 54.6 Å². The van der Waals surface area contributed by atoms with Gasteiger partial charge in [0.1, 0.15) is 11.8 Å². The molecule has 0 aromatic heterocycles. The van der Waals surface area contributed by atoms with Crippen LogP contribution in [0.5, 0.6) is 0 Å². The molecule has 0 saturated heterocycles. The van der Waals surface area contributed by atoms with Crippen LogP contribution in [0.2, 0.25) is 0 Å². The molecule has 2 aromatic carbocycles. The van der Waals surface area contributed by atoms with Crippen LogP contribution in [0.25, 0.3) is 0 Å². The van der Waals surface area contributed by atoms with E-state index in [1.54, 1.807) is 36.4 Å². The molecule has 1 unspecified atom stereocenters. The van der Waals surface area contributed by atoms with Gasteiger partial charge >= 0.3 is 6.03 Å². The van der Waals surface area contributed by atoms with Crippen molar-refractivity contribution in [3.8, 4) is 0 Å². The molecule has 144 valence electrons. The number of nitrogens with zero attached hydrogens (tertiary/aromatic N) is 2. The van der Waals surface area contributed by atoms with Gasteiger partial charge in [-0.3, -0.25) is 14.6 Å². The zero-order valence-corrected chi connectivity index (χ0v) is 15.2. The van der Waals surface area contributed by atoms with Crippen LogP contribution in [0.4, 0.5) is 21.9 Å². The molecule has 0 aliphatic carbocycles. The number of carbonyl (C=O) groups excluding carboxylic acids is 3. The second-order valence-corrected chi connectivity index (χ2v) is 6.08. The Labute approximate surface area is 161 Å². The van der Waals surface area contributed by atoms with E-state index in [2.05, 4.69) is 21.1 Å². The summed E-state index contributed by atoms with van der Waals surface area (Å²) in [5.74, 6) is -0.975. The second-order valence-electron chi connectivity index (χ2n) is 6.08. The number of nitrogens with two attached hydrogens (primary N) is 1. The van der Waals surface area contributed by atoms with E-state index in [9.17, 15) is 14.4 Å². The van der Waals surface area contributed by atoms with Gasteiger partial charge in [-0.15, -0.1) is 0 Å². The third kappa shape index (κ3) is 4.26. The minimum atomic E-state index is -0.720. The summed E-state index contributed by atoms with van der Waals surface area (Å²) >= 11 is 0. The zero-order chi connectivity index (χ0) is 20.1. The van der Waals surface area contributed by atoms with E-state index in [1.165, 1.54) is 12.1 Å². The lowest BCUT2D eigenvalue weighted by Gasteiger charge is -2.20. The summed E-state index contributed by atoms with van der Waals surface area (Å²) in [6, 6.07) is 14.6. The van der Waals surface area contributed by atoms with Gasteiger partial charge in [-0.05, 0) is 36.4 Å². The number of hydrogen-bond acceptors (Lipinski definition) is 5. The number of nitrogens with one attached hydrogen (secondary N) is 3. The van der Waals surface area contributed by atoms with E-state index in [4.69, 9.17) is 5.73 Å². The van der Waals surface area contributed by atoms with E-state index < -0.39 is 17.9 Å². The summed E-state index contributed by atoms with van der Waals surface area (Å²) in [7, 11) is 1.52. The van der Waals surface area contributed by atoms with Crippen molar-refractivity contribution in [2.24, 2.45) is 10.8 Å². The average molecular weight is 380 g/mol. The lowest BCUT2D eigenvalue weighted by molar-refractivity contribution is -0.119. The molecular weight excluding hydrogens is 360 g/mol. The molecule has 2 aromatic rings. The first-order chi connectivity index (χ1) is 13.5. The number of rotatable bonds is 5. The molecular formula is C19H20N6O3. The van der Waals surface area contributed by atoms with Crippen molar-refractivity contribution in [3.63, 3.8) is 0 Å². The Bertz CT molecular complexity index is 911. The summed E-state index contributed by atoms with van der Waals surface area (Å²) in [6.45, 7) is 0. The van der Waals surface area contributed by atoms with E-state index >= 15 is 0 Å². The van der Waals surface area contributed by atoms with E-state index in [0.29, 0.717) is 17.1 Å². The number of para-hydroxylation sites is 1. The van der Waals surface area contributed by atoms with Crippen molar-refractivity contribution >= 4 is 40.6 Å². The number of anilines is 3. The fourth-order valence-electron chi connectivity index (χ4n) is 2.72. The average Bonchev–Trinajstić information content (AvgIpc) is 3.16. The normalized spacial score (nSPS) is 15.5. The highest BCUT2D eigenvalue weighted by atomic mass is 16.2. The van der Waals surface area contributed by atoms with Crippen LogP contribution in [-0.2, 0) is 9.59 Å². The molecule has 0 saturated carbocycles. The van der Waals surface area contributed by atoms with Gasteiger partial charge in [0.15, 0.2) is 0 Å². The van der Waals surface area contributed by atoms with Crippen LogP contribution in [0, 0.1) is 0 Å². The number of amides is 4. The molecule has 0 spiro atoms. The molecule has 5 N–H and O–H groups in total. The van der Waals surface area contributed by atoms with Gasteiger partial charge in [-0.1, -0.05) is 18.2 Å². The van der Waals surface area contributed by atoms with Gasteiger partial charge in [0.05, 0.1) is 5.69 Å². The molecule has 1 heterocycles. The molecule has 0 radical (unpaired) electrons. The number of primary amides is 1. The molecule has 1 atom stereocenters. The Morgan fingerprint density at radius 1 is 1.00 bits per heavy atom. The topological polar surface area (TPSA) is 129 Å². The van der Waals surface area contributed by atoms with Gasteiger partial charge < -0.3 is 21.7 Å². The predicted octanol–water partition coefficient (Wildman–Crippen LogP) is 1.50. The molecule has 1 aliphatic heterocycles. The quantitative estimate of drug-likeness (QED) is 0.626. The van der Waals surface area contributed by atoms with Gasteiger partial charge in [0, 0.05) is 24.8 Å². The summed E-state index contributed by atoms with van der Waals surface area (Å²) in [5.41, 5.74) is 7.49. The minimum absolute atomic E-state index is 0.117. The van der Waals surface area contributed by atoms with Crippen LogP contribution in [-0.4, -0.2) is 36.6 Å². The SMILES string of the molecule is CNC(=O)Nc1ccc(NC(=O)C2=NN(c3ccccc3)C(C(N)=O)C2)cc1. The van der Waals surface area contributed by atoms with Crippen LogP contribution in [0.15, 0.2) is 59.7 Å². The van der Waals surface area contributed by atoms with Crippen LogP contribution >= 0.6 is 0 Å². The summed E-state index contributed by atoms with van der Waals surface area (Å²) < 4.78 is 0. The maximum atomic E-state index is 12.6. The molecule has 3 rings (SSSR count). The highest BCUT2D eigenvalue weighted by Gasteiger charge is 2.34.